The molecule has 0 aliphatic heterocycles. The molecular weight excluding hydrogens is 320 g/mol. The van der Waals surface area contributed by atoms with Crippen LogP contribution in [0.1, 0.15) is 55.6 Å². The van der Waals surface area contributed by atoms with Crippen LogP contribution in [-0.4, -0.2) is 10.1 Å². The largest absolute Gasteiger partial charge is 0.506 e. The molecule has 0 fully saturated rings. The number of aryl methyl sites for hydroxylation is 3. The van der Waals surface area contributed by atoms with E-state index < -0.39 is 0 Å². The van der Waals surface area contributed by atoms with Gasteiger partial charge in [0.05, 0.1) is 11.7 Å². The molecular formula is C23H28N2O. The van der Waals surface area contributed by atoms with Crippen molar-refractivity contribution in [3.05, 3.63) is 64.8 Å². The van der Waals surface area contributed by atoms with Crippen LogP contribution in [0.25, 0.3) is 10.9 Å². The first kappa shape index (κ1) is 18.2. The quantitative estimate of drug-likeness (QED) is 0.580. The summed E-state index contributed by atoms with van der Waals surface area (Å²) in [5.41, 5.74) is 6.89. The van der Waals surface area contributed by atoms with Gasteiger partial charge in [0, 0.05) is 11.1 Å². The smallest absolute Gasteiger partial charge is 0.141 e. The molecule has 1 heterocycles. The number of hydrogen-bond acceptors (Lipinski definition) is 3. The fourth-order valence-corrected chi connectivity index (χ4v) is 3.58. The predicted molar refractivity (Wildman–Crippen MR) is 110 cm³/mol. The number of nitrogens with one attached hydrogen (secondary N) is 1. The zero-order valence-corrected chi connectivity index (χ0v) is 16.1. The zero-order chi connectivity index (χ0) is 18.7. The molecule has 1 atom stereocenters. The molecule has 136 valence electrons. The van der Waals surface area contributed by atoms with E-state index in [-0.39, 0.29) is 11.8 Å². The van der Waals surface area contributed by atoms with E-state index in [1.807, 2.05) is 18.2 Å². The number of aromatic hydroxyl groups is 1. The Morgan fingerprint density at radius 3 is 2.31 bits per heavy atom. The minimum absolute atomic E-state index is 0.109. The van der Waals surface area contributed by atoms with Gasteiger partial charge in [-0.2, -0.15) is 0 Å². The Hall–Kier alpha value is -2.55. The summed E-state index contributed by atoms with van der Waals surface area (Å²) in [4.78, 5) is 4.76. The molecule has 0 aliphatic rings. The Morgan fingerprint density at radius 1 is 1.00 bits per heavy atom. The highest BCUT2D eigenvalue weighted by atomic mass is 16.3. The summed E-state index contributed by atoms with van der Waals surface area (Å²) < 4.78 is 0. The number of pyridine rings is 1. The predicted octanol–water partition coefficient (Wildman–Crippen LogP) is 5.94. The Balaban J connectivity index is 2.02. The highest BCUT2D eigenvalue weighted by Gasteiger charge is 2.16. The van der Waals surface area contributed by atoms with Crippen molar-refractivity contribution in [2.45, 2.75) is 53.0 Å². The molecule has 0 spiro atoms. The van der Waals surface area contributed by atoms with E-state index >= 15 is 0 Å². The van der Waals surface area contributed by atoms with E-state index in [2.05, 4.69) is 51.2 Å². The molecule has 3 rings (SSSR count). The summed E-state index contributed by atoms with van der Waals surface area (Å²) >= 11 is 0. The lowest BCUT2D eigenvalue weighted by molar-refractivity contribution is 0.480. The third-order valence-corrected chi connectivity index (χ3v) is 5.01. The molecule has 3 aromatic rings. The number of aromatic nitrogens is 1. The van der Waals surface area contributed by atoms with E-state index in [4.69, 9.17) is 4.98 Å². The maximum absolute atomic E-state index is 10.2. The molecule has 1 aromatic heterocycles. The molecule has 0 amide bonds. The summed E-state index contributed by atoms with van der Waals surface area (Å²) in [6, 6.07) is 14.3. The normalized spacial score (nSPS) is 12.3. The monoisotopic (exact) mass is 348 g/mol. The molecule has 0 bridgehead atoms. The van der Waals surface area contributed by atoms with E-state index in [1.54, 1.807) is 6.07 Å². The summed E-state index contributed by atoms with van der Waals surface area (Å²) in [5.74, 6) is 0.234. The zero-order valence-electron chi connectivity index (χ0n) is 16.1. The highest BCUT2D eigenvalue weighted by molar-refractivity contribution is 5.84. The van der Waals surface area contributed by atoms with Gasteiger partial charge in [-0.15, -0.1) is 0 Å². The first-order chi connectivity index (χ1) is 12.6. The first-order valence-electron chi connectivity index (χ1n) is 9.54. The van der Waals surface area contributed by atoms with Crippen LogP contribution in [-0.2, 0) is 12.8 Å². The number of para-hydroxylation sites is 1. The molecule has 2 N–H and O–H groups in total. The summed E-state index contributed by atoms with van der Waals surface area (Å²) in [6.07, 6.45) is 2.92. The summed E-state index contributed by atoms with van der Waals surface area (Å²) in [7, 11) is 0. The van der Waals surface area contributed by atoms with E-state index in [9.17, 15) is 5.11 Å². The number of hydrogen-bond donors (Lipinski definition) is 2. The SMILES string of the molecule is CCc1cc(C)cc(CC)c1NC(CC)c1ccc2cccc(O)c2n1. The van der Waals surface area contributed by atoms with Crippen LogP contribution in [0.2, 0.25) is 0 Å². The van der Waals surface area contributed by atoms with Crippen LogP contribution in [0.3, 0.4) is 0 Å². The first-order valence-corrected chi connectivity index (χ1v) is 9.54. The van der Waals surface area contributed by atoms with Crippen LogP contribution in [0.15, 0.2) is 42.5 Å². The van der Waals surface area contributed by atoms with Crippen molar-refractivity contribution in [3.63, 3.8) is 0 Å². The third-order valence-electron chi connectivity index (χ3n) is 5.01. The van der Waals surface area contributed by atoms with Gasteiger partial charge in [-0.05, 0) is 49.4 Å². The number of benzene rings is 2. The lowest BCUT2D eigenvalue weighted by Crippen LogP contribution is -2.14. The van der Waals surface area contributed by atoms with E-state index in [0.717, 1.165) is 30.3 Å². The maximum Gasteiger partial charge on any atom is 0.141 e. The van der Waals surface area contributed by atoms with Crippen molar-refractivity contribution >= 4 is 16.6 Å². The Labute approximate surface area is 156 Å². The molecule has 0 radical (unpaired) electrons. The Kier molecular flexibility index (Phi) is 5.46. The average Bonchev–Trinajstić information content (AvgIpc) is 2.66. The number of rotatable bonds is 6. The van der Waals surface area contributed by atoms with Crippen molar-refractivity contribution in [1.82, 2.24) is 4.98 Å². The van der Waals surface area contributed by atoms with Gasteiger partial charge >= 0.3 is 0 Å². The minimum Gasteiger partial charge on any atom is -0.506 e. The Morgan fingerprint density at radius 2 is 1.69 bits per heavy atom. The van der Waals surface area contributed by atoms with Gasteiger partial charge in [-0.3, -0.25) is 0 Å². The summed E-state index contributed by atoms with van der Waals surface area (Å²) in [5, 5.41) is 14.9. The summed E-state index contributed by atoms with van der Waals surface area (Å²) in [6.45, 7) is 8.73. The molecule has 0 aliphatic carbocycles. The number of phenolic OH excluding ortho intramolecular Hbond substituents is 1. The van der Waals surface area contributed by atoms with Crippen LogP contribution >= 0.6 is 0 Å². The van der Waals surface area contributed by atoms with Crippen LogP contribution in [0, 0.1) is 6.92 Å². The third kappa shape index (κ3) is 3.52. The van der Waals surface area contributed by atoms with Gasteiger partial charge in [-0.1, -0.05) is 56.7 Å². The van der Waals surface area contributed by atoms with Crippen molar-refractivity contribution < 1.29 is 5.11 Å². The molecule has 26 heavy (non-hydrogen) atoms. The number of nitrogens with zero attached hydrogens (tertiary/aromatic N) is 1. The number of phenols is 1. The lowest BCUT2D eigenvalue weighted by atomic mass is 9.98. The fraction of sp³-hybridized carbons (Fsp3) is 0.348. The van der Waals surface area contributed by atoms with Crippen molar-refractivity contribution in [2.24, 2.45) is 0 Å². The van der Waals surface area contributed by atoms with Gasteiger partial charge in [0.25, 0.3) is 0 Å². The Bertz CT molecular complexity index is 892. The second kappa shape index (κ2) is 7.77. The topological polar surface area (TPSA) is 45.1 Å². The molecule has 3 heteroatoms. The number of fused-ring (bicyclic) bond motifs is 1. The number of anilines is 1. The molecule has 0 saturated carbocycles. The maximum atomic E-state index is 10.2. The average molecular weight is 348 g/mol. The molecule has 1 unspecified atom stereocenters. The van der Waals surface area contributed by atoms with Crippen molar-refractivity contribution in [3.8, 4) is 5.75 Å². The van der Waals surface area contributed by atoms with Crippen molar-refractivity contribution in [1.29, 1.82) is 0 Å². The highest BCUT2D eigenvalue weighted by Crippen LogP contribution is 2.31. The molecule has 3 nitrogen and oxygen atoms in total. The van der Waals surface area contributed by atoms with Gasteiger partial charge in [-0.25, -0.2) is 4.98 Å². The minimum atomic E-state index is 0.109. The van der Waals surface area contributed by atoms with Gasteiger partial charge in [0.1, 0.15) is 11.3 Å². The standard InChI is InChI=1S/C23H28N2O/c1-5-16-13-15(4)14-17(6-2)22(16)24-19(7-3)20-12-11-18-9-8-10-21(26)23(18)25-20/h8-14,19,24,26H,5-7H2,1-4H3. The van der Waals surface area contributed by atoms with Crippen molar-refractivity contribution in [2.75, 3.05) is 5.32 Å². The van der Waals surface area contributed by atoms with Crippen LogP contribution in [0.5, 0.6) is 5.75 Å². The second-order valence-electron chi connectivity index (χ2n) is 6.86. The fourth-order valence-electron chi connectivity index (χ4n) is 3.58. The van der Waals surface area contributed by atoms with Gasteiger partial charge in [0.2, 0.25) is 0 Å². The molecule has 0 saturated heterocycles. The van der Waals surface area contributed by atoms with Gasteiger partial charge < -0.3 is 10.4 Å². The van der Waals surface area contributed by atoms with E-state index in [1.165, 1.54) is 22.4 Å². The van der Waals surface area contributed by atoms with Crippen LogP contribution < -0.4 is 5.32 Å². The lowest BCUT2D eigenvalue weighted by Gasteiger charge is -2.23. The van der Waals surface area contributed by atoms with E-state index in [0.29, 0.717) is 5.52 Å². The second-order valence-corrected chi connectivity index (χ2v) is 6.86. The van der Waals surface area contributed by atoms with Gasteiger partial charge in [0.15, 0.2) is 0 Å². The van der Waals surface area contributed by atoms with Crippen LogP contribution in [0.4, 0.5) is 5.69 Å². The molecule has 2 aromatic carbocycles.